The number of piperidine rings is 2. The lowest BCUT2D eigenvalue weighted by Crippen LogP contribution is -2.50. The smallest absolute Gasteiger partial charge is 0.225 e. The molecule has 0 unspecified atom stereocenters. The Morgan fingerprint density at radius 2 is 1.83 bits per heavy atom. The van der Waals surface area contributed by atoms with Crippen LogP contribution in [-0.2, 0) is 27.9 Å². The maximum absolute atomic E-state index is 13.0. The first kappa shape index (κ1) is 20.3. The normalized spacial score (nSPS) is 22.9. The molecule has 0 bridgehead atoms. The van der Waals surface area contributed by atoms with Crippen LogP contribution in [0, 0.1) is 5.92 Å². The van der Waals surface area contributed by atoms with Crippen molar-refractivity contribution in [2.24, 2.45) is 13.0 Å². The number of aryl methyl sites for hydroxylation is 1. The van der Waals surface area contributed by atoms with Crippen molar-refractivity contribution in [1.29, 1.82) is 0 Å². The van der Waals surface area contributed by atoms with E-state index >= 15 is 0 Å². The maximum Gasteiger partial charge on any atom is 0.225 e. The van der Waals surface area contributed by atoms with Crippen molar-refractivity contribution in [3.8, 4) is 0 Å². The lowest BCUT2D eigenvalue weighted by molar-refractivity contribution is -0.188. The SMILES string of the molecule is Cn1cc(CN2CCC(C(=O)N3CCC4(CC3)OCCO4)CC2)c2cc(Cl)ccc21. The summed E-state index contributed by atoms with van der Waals surface area (Å²) in [6.07, 6.45) is 5.65. The highest BCUT2D eigenvalue weighted by molar-refractivity contribution is 6.31. The van der Waals surface area contributed by atoms with Crippen LogP contribution in [0.2, 0.25) is 5.02 Å². The molecule has 6 nitrogen and oxygen atoms in total. The van der Waals surface area contributed by atoms with Crippen molar-refractivity contribution in [3.63, 3.8) is 0 Å². The topological polar surface area (TPSA) is 46.9 Å². The lowest BCUT2D eigenvalue weighted by atomic mass is 9.93. The summed E-state index contributed by atoms with van der Waals surface area (Å²) in [5, 5.41) is 2.00. The van der Waals surface area contributed by atoms with Crippen molar-refractivity contribution in [3.05, 3.63) is 35.0 Å². The third-order valence-electron chi connectivity index (χ3n) is 7.02. The molecule has 3 saturated heterocycles. The van der Waals surface area contributed by atoms with Gasteiger partial charge >= 0.3 is 0 Å². The number of carbonyl (C=O) groups is 1. The molecule has 0 aliphatic carbocycles. The Bertz CT molecular complexity index is 919. The summed E-state index contributed by atoms with van der Waals surface area (Å²) in [6, 6.07) is 6.08. The van der Waals surface area contributed by atoms with Crippen molar-refractivity contribution < 1.29 is 14.3 Å². The minimum Gasteiger partial charge on any atom is -0.350 e. The van der Waals surface area contributed by atoms with Gasteiger partial charge in [0.15, 0.2) is 5.79 Å². The molecule has 2 aromatic rings. The molecule has 30 heavy (non-hydrogen) atoms. The van der Waals surface area contributed by atoms with E-state index in [0.29, 0.717) is 19.1 Å². The van der Waals surface area contributed by atoms with Gasteiger partial charge in [0.05, 0.1) is 13.2 Å². The first-order valence-corrected chi connectivity index (χ1v) is 11.4. The Kier molecular flexibility index (Phi) is 5.52. The third kappa shape index (κ3) is 3.86. The molecule has 1 aromatic heterocycles. The van der Waals surface area contributed by atoms with Crippen LogP contribution >= 0.6 is 11.6 Å². The molecule has 0 saturated carbocycles. The molecule has 3 aliphatic heterocycles. The quantitative estimate of drug-likeness (QED) is 0.747. The number of hydrogen-bond acceptors (Lipinski definition) is 4. The Morgan fingerprint density at radius 3 is 2.53 bits per heavy atom. The van der Waals surface area contributed by atoms with Crippen molar-refractivity contribution >= 4 is 28.4 Å². The Hall–Kier alpha value is -1.60. The van der Waals surface area contributed by atoms with Gasteiger partial charge in [0, 0.05) is 67.6 Å². The van der Waals surface area contributed by atoms with E-state index in [-0.39, 0.29) is 5.92 Å². The molecule has 162 valence electrons. The van der Waals surface area contributed by atoms with Crippen molar-refractivity contribution in [2.45, 2.75) is 38.0 Å². The molecule has 7 heteroatoms. The third-order valence-corrected chi connectivity index (χ3v) is 7.25. The lowest BCUT2D eigenvalue weighted by Gasteiger charge is -2.40. The summed E-state index contributed by atoms with van der Waals surface area (Å²) < 4.78 is 13.7. The van der Waals surface area contributed by atoms with Gasteiger partial charge in [-0.15, -0.1) is 0 Å². The van der Waals surface area contributed by atoms with Crippen molar-refractivity contribution in [2.75, 3.05) is 39.4 Å². The highest BCUT2D eigenvalue weighted by atomic mass is 35.5. The summed E-state index contributed by atoms with van der Waals surface area (Å²) in [6.45, 7) is 5.66. The number of carbonyl (C=O) groups excluding carboxylic acids is 1. The number of rotatable bonds is 3. The molecule has 1 aromatic carbocycles. The zero-order valence-corrected chi connectivity index (χ0v) is 18.4. The van der Waals surface area contributed by atoms with Crippen LogP contribution in [0.1, 0.15) is 31.2 Å². The van der Waals surface area contributed by atoms with E-state index in [1.54, 1.807) is 0 Å². The molecule has 0 N–H and O–H groups in total. The number of aromatic nitrogens is 1. The van der Waals surface area contributed by atoms with E-state index in [0.717, 1.165) is 63.4 Å². The van der Waals surface area contributed by atoms with Gasteiger partial charge in [-0.25, -0.2) is 0 Å². The van der Waals surface area contributed by atoms with Crippen LogP contribution in [0.25, 0.3) is 10.9 Å². The van der Waals surface area contributed by atoms with Crippen LogP contribution in [-0.4, -0.2) is 65.5 Å². The van der Waals surface area contributed by atoms with Gasteiger partial charge < -0.3 is 18.9 Å². The average molecular weight is 432 g/mol. The van der Waals surface area contributed by atoms with E-state index < -0.39 is 5.79 Å². The number of ether oxygens (including phenoxy) is 2. The predicted octanol–water partition coefficient (Wildman–Crippen LogP) is 3.41. The van der Waals surface area contributed by atoms with Crippen LogP contribution < -0.4 is 0 Å². The molecule has 1 spiro atoms. The largest absolute Gasteiger partial charge is 0.350 e. The Labute approximate surface area is 182 Å². The van der Waals surface area contributed by atoms with Gasteiger partial charge in [0.2, 0.25) is 5.91 Å². The number of halogens is 1. The molecule has 0 radical (unpaired) electrons. The molecular weight excluding hydrogens is 402 g/mol. The predicted molar refractivity (Wildman–Crippen MR) is 116 cm³/mol. The fourth-order valence-corrected chi connectivity index (χ4v) is 5.43. The van der Waals surface area contributed by atoms with Gasteiger partial charge in [-0.1, -0.05) is 11.6 Å². The van der Waals surface area contributed by atoms with Crippen LogP contribution in [0.5, 0.6) is 0 Å². The van der Waals surface area contributed by atoms with Gasteiger partial charge in [-0.05, 0) is 49.7 Å². The molecule has 4 heterocycles. The van der Waals surface area contributed by atoms with E-state index in [2.05, 4.69) is 34.8 Å². The number of hydrogen-bond donors (Lipinski definition) is 0. The Morgan fingerprint density at radius 1 is 1.13 bits per heavy atom. The Balaban J connectivity index is 1.16. The van der Waals surface area contributed by atoms with E-state index in [4.69, 9.17) is 21.1 Å². The van der Waals surface area contributed by atoms with Crippen LogP contribution in [0.3, 0.4) is 0 Å². The fourth-order valence-electron chi connectivity index (χ4n) is 5.26. The summed E-state index contributed by atoms with van der Waals surface area (Å²) in [5.41, 5.74) is 2.51. The molecule has 0 atom stereocenters. The minimum atomic E-state index is -0.415. The number of amides is 1. The summed E-state index contributed by atoms with van der Waals surface area (Å²) in [5.74, 6) is 0.0451. The molecule has 3 fully saturated rings. The molecule has 5 rings (SSSR count). The number of nitrogens with zero attached hydrogens (tertiary/aromatic N) is 3. The average Bonchev–Trinajstić information content (AvgIpc) is 3.33. The molecular formula is C23H30ClN3O3. The van der Waals surface area contributed by atoms with Gasteiger partial charge in [-0.3, -0.25) is 9.69 Å². The number of fused-ring (bicyclic) bond motifs is 1. The summed E-state index contributed by atoms with van der Waals surface area (Å²) >= 11 is 6.23. The van der Waals surface area contributed by atoms with Crippen LogP contribution in [0.4, 0.5) is 0 Å². The molecule has 1 amide bonds. The second-order valence-corrected chi connectivity index (χ2v) is 9.35. The zero-order valence-electron chi connectivity index (χ0n) is 17.6. The van der Waals surface area contributed by atoms with E-state index in [1.807, 2.05) is 11.0 Å². The van der Waals surface area contributed by atoms with Gasteiger partial charge in [0.25, 0.3) is 0 Å². The number of likely N-dealkylation sites (tertiary alicyclic amines) is 2. The van der Waals surface area contributed by atoms with Gasteiger partial charge in [-0.2, -0.15) is 0 Å². The summed E-state index contributed by atoms with van der Waals surface area (Å²) in [4.78, 5) is 17.5. The molecule has 3 aliphatic rings. The first-order valence-electron chi connectivity index (χ1n) is 11.1. The highest BCUT2D eigenvalue weighted by Gasteiger charge is 2.41. The van der Waals surface area contributed by atoms with E-state index in [9.17, 15) is 4.79 Å². The van der Waals surface area contributed by atoms with Gasteiger partial charge in [0.1, 0.15) is 0 Å². The fraction of sp³-hybridized carbons (Fsp3) is 0.609. The number of benzene rings is 1. The maximum atomic E-state index is 13.0. The monoisotopic (exact) mass is 431 g/mol. The second-order valence-electron chi connectivity index (χ2n) is 8.91. The van der Waals surface area contributed by atoms with E-state index in [1.165, 1.54) is 16.5 Å². The van der Waals surface area contributed by atoms with Crippen LogP contribution in [0.15, 0.2) is 24.4 Å². The summed E-state index contributed by atoms with van der Waals surface area (Å²) in [7, 11) is 2.08. The first-order chi connectivity index (χ1) is 14.5. The minimum absolute atomic E-state index is 0.141. The second kappa shape index (κ2) is 8.15. The highest BCUT2D eigenvalue weighted by Crippen LogP contribution is 2.33. The van der Waals surface area contributed by atoms with Crippen molar-refractivity contribution in [1.82, 2.24) is 14.4 Å². The zero-order chi connectivity index (χ0) is 20.7. The standard InChI is InChI=1S/C23H30ClN3O3/c1-25-15-18(20-14-19(24)2-3-21(20)25)16-26-8-4-17(5-9-26)22(28)27-10-6-23(7-11-27)29-12-13-30-23/h2-3,14-15,17H,4-13,16H2,1H3.